The fraction of sp³-hybridized carbons (Fsp3) is 0.429. The van der Waals surface area contributed by atoms with Gasteiger partial charge >= 0.3 is 0 Å². The molecule has 0 saturated carbocycles. The van der Waals surface area contributed by atoms with E-state index in [4.69, 9.17) is 14.1 Å². The maximum Gasteiger partial charge on any atom is 0.295 e. The molecule has 0 atom stereocenters. The number of carbonyl (C=O) groups excluding carboxylic acids is 1. The molecule has 4 rings (SSSR count). The van der Waals surface area contributed by atoms with Crippen LogP contribution in [0.5, 0.6) is 0 Å². The zero-order valence-corrected chi connectivity index (χ0v) is 18.1. The third kappa shape index (κ3) is 4.98. The number of hydrogen-bond donors (Lipinski definition) is 0. The van der Waals surface area contributed by atoms with Crippen molar-refractivity contribution in [3.63, 3.8) is 0 Å². The minimum atomic E-state index is -0.135. The third-order valence-corrected chi connectivity index (χ3v) is 6.08. The Morgan fingerprint density at radius 3 is 2.79 bits per heavy atom. The number of nitrogens with zero attached hydrogens (tertiary/aromatic N) is 3. The van der Waals surface area contributed by atoms with Crippen LogP contribution in [-0.4, -0.2) is 55.2 Å². The van der Waals surface area contributed by atoms with Crippen molar-refractivity contribution in [2.45, 2.75) is 19.8 Å². The predicted octanol–water partition coefficient (Wildman–Crippen LogP) is 4.24. The Morgan fingerprint density at radius 2 is 2.07 bits per heavy atom. The van der Waals surface area contributed by atoms with E-state index in [1.807, 2.05) is 0 Å². The quantitative estimate of drug-likeness (QED) is 0.555. The molecule has 1 aliphatic heterocycles. The second-order valence-electron chi connectivity index (χ2n) is 6.86. The van der Waals surface area contributed by atoms with Gasteiger partial charge in [-0.25, -0.2) is 4.98 Å². The lowest BCUT2D eigenvalue weighted by molar-refractivity contribution is 0.0376. The Hall–Kier alpha value is -1.93. The Labute approximate surface area is 180 Å². The standard InChI is InChI=1S/C21H25N3O3S.ClH/c1-2-16-6-3-8-18-19(16)22-21(28-18)24(20(25)17-7-4-13-27-17)10-5-9-23-11-14-26-15-12-23;/h3-4,6-8,13H,2,5,9-12,14-15H2,1H3;1H. The molecule has 29 heavy (non-hydrogen) atoms. The summed E-state index contributed by atoms with van der Waals surface area (Å²) in [6.07, 6.45) is 3.33. The highest BCUT2D eigenvalue weighted by molar-refractivity contribution is 7.22. The summed E-state index contributed by atoms with van der Waals surface area (Å²) in [6, 6.07) is 9.68. The molecule has 1 fully saturated rings. The maximum absolute atomic E-state index is 13.1. The van der Waals surface area contributed by atoms with E-state index in [1.54, 1.807) is 28.4 Å². The molecular formula is C21H26ClN3O3S. The molecule has 0 radical (unpaired) electrons. The van der Waals surface area contributed by atoms with Gasteiger partial charge in [0.1, 0.15) is 0 Å². The van der Waals surface area contributed by atoms with Gasteiger partial charge < -0.3 is 9.15 Å². The number of ether oxygens (including phenoxy) is 1. The van der Waals surface area contributed by atoms with Crippen LogP contribution in [0.3, 0.4) is 0 Å². The molecule has 0 N–H and O–H groups in total. The van der Waals surface area contributed by atoms with Crippen LogP contribution in [0.15, 0.2) is 41.0 Å². The molecule has 8 heteroatoms. The Balaban J connectivity index is 0.00000240. The van der Waals surface area contributed by atoms with Gasteiger partial charge in [0.2, 0.25) is 0 Å². The lowest BCUT2D eigenvalue weighted by atomic mass is 10.1. The fourth-order valence-electron chi connectivity index (χ4n) is 3.49. The minimum absolute atomic E-state index is 0. The highest BCUT2D eigenvalue weighted by Crippen LogP contribution is 2.32. The number of aryl methyl sites for hydroxylation is 1. The fourth-order valence-corrected chi connectivity index (χ4v) is 4.53. The van der Waals surface area contributed by atoms with Gasteiger partial charge in [-0.3, -0.25) is 14.6 Å². The number of carbonyl (C=O) groups is 1. The number of anilines is 1. The highest BCUT2D eigenvalue weighted by Gasteiger charge is 2.24. The van der Waals surface area contributed by atoms with Gasteiger partial charge in [0.25, 0.3) is 5.91 Å². The molecule has 0 bridgehead atoms. The number of rotatable bonds is 7. The molecule has 0 spiro atoms. The molecule has 3 heterocycles. The smallest absolute Gasteiger partial charge is 0.295 e. The second-order valence-corrected chi connectivity index (χ2v) is 7.86. The van der Waals surface area contributed by atoms with Crippen molar-refractivity contribution in [1.29, 1.82) is 0 Å². The van der Waals surface area contributed by atoms with Gasteiger partial charge in [-0.15, -0.1) is 12.4 Å². The summed E-state index contributed by atoms with van der Waals surface area (Å²) in [6.45, 7) is 7.15. The maximum atomic E-state index is 13.1. The first-order valence-electron chi connectivity index (χ1n) is 9.80. The first-order valence-corrected chi connectivity index (χ1v) is 10.6. The summed E-state index contributed by atoms with van der Waals surface area (Å²) in [7, 11) is 0. The van der Waals surface area contributed by atoms with E-state index in [-0.39, 0.29) is 18.3 Å². The summed E-state index contributed by atoms with van der Waals surface area (Å²) >= 11 is 1.57. The first kappa shape index (κ1) is 21.8. The van der Waals surface area contributed by atoms with Crippen molar-refractivity contribution in [3.05, 3.63) is 47.9 Å². The number of furan rings is 1. The van der Waals surface area contributed by atoms with Crippen LogP contribution in [0.25, 0.3) is 10.2 Å². The zero-order valence-electron chi connectivity index (χ0n) is 16.5. The number of halogens is 1. The van der Waals surface area contributed by atoms with E-state index < -0.39 is 0 Å². The summed E-state index contributed by atoms with van der Waals surface area (Å²) in [4.78, 5) is 22.1. The summed E-state index contributed by atoms with van der Waals surface area (Å²) in [5, 5.41) is 0.735. The number of aromatic nitrogens is 1. The SMILES string of the molecule is CCc1cccc2sc(N(CCCN3CCOCC3)C(=O)c3ccco3)nc12.Cl. The number of hydrogen-bond acceptors (Lipinski definition) is 6. The number of benzene rings is 1. The lowest BCUT2D eigenvalue weighted by Crippen LogP contribution is -2.39. The van der Waals surface area contributed by atoms with Crippen molar-refractivity contribution in [2.24, 2.45) is 0 Å². The molecular weight excluding hydrogens is 410 g/mol. The van der Waals surface area contributed by atoms with E-state index in [9.17, 15) is 4.79 Å². The largest absolute Gasteiger partial charge is 0.459 e. The summed E-state index contributed by atoms with van der Waals surface area (Å²) in [5.74, 6) is 0.213. The minimum Gasteiger partial charge on any atom is -0.459 e. The zero-order chi connectivity index (χ0) is 19.3. The number of thiazole rings is 1. The number of amides is 1. The first-order chi connectivity index (χ1) is 13.8. The van der Waals surface area contributed by atoms with Gasteiger partial charge in [-0.05, 0) is 36.6 Å². The van der Waals surface area contributed by atoms with Crippen LogP contribution in [0.4, 0.5) is 5.13 Å². The van der Waals surface area contributed by atoms with Gasteiger partial charge in [0.05, 0.1) is 29.7 Å². The van der Waals surface area contributed by atoms with E-state index in [0.717, 1.165) is 61.0 Å². The summed E-state index contributed by atoms with van der Waals surface area (Å²) < 4.78 is 11.9. The predicted molar refractivity (Wildman–Crippen MR) is 119 cm³/mol. The highest BCUT2D eigenvalue weighted by atomic mass is 35.5. The van der Waals surface area contributed by atoms with Crippen molar-refractivity contribution in [3.8, 4) is 0 Å². The molecule has 1 amide bonds. The Kier molecular flexibility index (Phi) is 7.66. The Bertz CT molecular complexity index is 923. The van der Waals surface area contributed by atoms with Crippen LogP contribution in [0.1, 0.15) is 29.5 Å². The van der Waals surface area contributed by atoms with E-state index >= 15 is 0 Å². The van der Waals surface area contributed by atoms with Crippen molar-refractivity contribution >= 4 is 45.0 Å². The van der Waals surface area contributed by atoms with Crippen LogP contribution >= 0.6 is 23.7 Å². The lowest BCUT2D eigenvalue weighted by Gasteiger charge is -2.27. The molecule has 3 aromatic rings. The average molecular weight is 436 g/mol. The number of para-hydroxylation sites is 1. The van der Waals surface area contributed by atoms with Crippen LogP contribution in [0, 0.1) is 0 Å². The Morgan fingerprint density at radius 1 is 1.24 bits per heavy atom. The molecule has 1 aliphatic rings. The third-order valence-electron chi connectivity index (χ3n) is 5.04. The van der Waals surface area contributed by atoms with Gasteiger partial charge in [0, 0.05) is 26.2 Å². The van der Waals surface area contributed by atoms with Crippen LogP contribution in [-0.2, 0) is 11.2 Å². The molecule has 0 unspecified atom stereocenters. The molecule has 1 saturated heterocycles. The molecule has 1 aromatic carbocycles. The van der Waals surface area contributed by atoms with E-state index in [0.29, 0.717) is 12.3 Å². The van der Waals surface area contributed by atoms with Gasteiger partial charge in [0.15, 0.2) is 10.9 Å². The van der Waals surface area contributed by atoms with Crippen molar-refractivity contribution in [1.82, 2.24) is 9.88 Å². The topological polar surface area (TPSA) is 58.8 Å². The number of morpholine rings is 1. The molecule has 0 aliphatic carbocycles. The van der Waals surface area contributed by atoms with Gasteiger partial charge in [-0.2, -0.15) is 0 Å². The van der Waals surface area contributed by atoms with Crippen molar-refractivity contribution in [2.75, 3.05) is 44.3 Å². The molecule has 6 nitrogen and oxygen atoms in total. The second kappa shape index (κ2) is 10.2. The molecule has 2 aromatic heterocycles. The van der Waals surface area contributed by atoms with Crippen LogP contribution < -0.4 is 4.90 Å². The van der Waals surface area contributed by atoms with Crippen molar-refractivity contribution < 1.29 is 13.9 Å². The monoisotopic (exact) mass is 435 g/mol. The van der Waals surface area contributed by atoms with Crippen LogP contribution in [0.2, 0.25) is 0 Å². The number of fused-ring (bicyclic) bond motifs is 1. The van der Waals surface area contributed by atoms with E-state index in [1.165, 1.54) is 11.8 Å². The summed E-state index contributed by atoms with van der Waals surface area (Å²) in [5.41, 5.74) is 2.20. The average Bonchev–Trinajstić information content (AvgIpc) is 3.41. The van der Waals surface area contributed by atoms with E-state index in [2.05, 4.69) is 30.0 Å². The molecule has 156 valence electrons. The normalized spacial score (nSPS) is 14.7. The van der Waals surface area contributed by atoms with Gasteiger partial charge in [-0.1, -0.05) is 30.4 Å².